The van der Waals surface area contributed by atoms with E-state index in [0.717, 1.165) is 26.2 Å². The minimum absolute atomic E-state index is 0.483. The summed E-state index contributed by atoms with van der Waals surface area (Å²) >= 11 is 0. The topological polar surface area (TPSA) is 52.6 Å². The first-order chi connectivity index (χ1) is 9.21. The highest BCUT2D eigenvalue weighted by atomic mass is 32.2. The van der Waals surface area contributed by atoms with Crippen LogP contribution >= 0.6 is 0 Å². The number of sulfonamides is 1. The van der Waals surface area contributed by atoms with Crippen molar-refractivity contribution in [1.82, 2.24) is 14.5 Å². The third-order valence-electron chi connectivity index (χ3n) is 4.16. The molecular formula is C14H31N3O2S. The molecule has 1 heterocycles. The first kappa shape index (κ1) is 17.9. The summed E-state index contributed by atoms with van der Waals surface area (Å²) < 4.78 is 24.6. The highest BCUT2D eigenvalue weighted by Gasteiger charge is 2.27. The maximum absolute atomic E-state index is 11.5. The maximum Gasteiger partial charge on any atom is 0.211 e. The van der Waals surface area contributed by atoms with Crippen molar-refractivity contribution in [3.05, 3.63) is 0 Å². The highest BCUT2D eigenvalue weighted by Crippen LogP contribution is 2.14. The van der Waals surface area contributed by atoms with E-state index in [9.17, 15) is 8.42 Å². The zero-order chi connectivity index (χ0) is 15.3. The Morgan fingerprint density at radius 2 is 1.55 bits per heavy atom. The Balaban J connectivity index is 2.36. The molecule has 2 unspecified atom stereocenters. The molecule has 20 heavy (non-hydrogen) atoms. The molecular weight excluding hydrogens is 274 g/mol. The Hall–Kier alpha value is -0.170. The van der Waals surface area contributed by atoms with Crippen molar-refractivity contribution in [2.24, 2.45) is 11.8 Å². The molecule has 1 fully saturated rings. The average molecular weight is 305 g/mol. The van der Waals surface area contributed by atoms with Gasteiger partial charge in [-0.1, -0.05) is 20.8 Å². The van der Waals surface area contributed by atoms with Crippen LogP contribution in [0, 0.1) is 11.8 Å². The molecule has 6 heteroatoms. The van der Waals surface area contributed by atoms with E-state index in [1.165, 1.54) is 6.26 Å². The number of piperazine rings is 1. The molecule has 0 aromatic rings. The number of nitrogens with zero attached hydrogens (tertiary/aromatic N) is 2. The Bertz CT molecular complexity index is 376. The van der Waals surface area contributed by atoms with Crippen LogP contribution in [-0.4, -0.2) is 69.2 Å². The summed E-state index contributed by atoms with van der Waals surface area (Å²) in [6, 6.07) is 0.483. The monoisotopic (exact) mass is 305 g/mol. The van der Waals surface area contributed by atoms with Gasteiger partial charge in [0.1, 0.15) is 0 Å². The van der Waals surface area contributed by atoms with E-state index in [2.05, 4.69) is 37.9 Å². The Labute approximate surface area is 124 Å². The summed E-state index contributed by atoms with van der Waals surface area (Å²) in [6.45, 7) is 13.9. The van der Waals surface area contributed by atoms with E-state index in [1.54, 1.807) is 4.31 Å². The first-order valence-corrected chi connectivity index (χ1v) is 9.46. The fourth-order valence-corrected chi connectivity index (χ4v) is 3.40. The molecule has 0 aromatic carbocycles. The largest absolute Gasteiger partial charge is 0.316 e. The second-order valence-electron chi connectivity index (χ2n) is 6.47. The third kappa shape index (κ3) is 5.68. The van der Waals surface area contributed by atoms with Gasteiger partial charge in [0.25, 0.3) is 0 Å². The lowest BCUT2D eigenvalue weighted by Gasteiger charge is -2.39. The van der Waals surface area contributed by atoms with Gasteiger partial charge in [0.05, 0.1) is 6.26 Å². The van der Waals surface area contributed by atoms with Gasteiger partial charge in [-0.2, -0.15) is 4.31 Å². The fourth-order valence-electron chi connectivity index (χ4n) is 2.57. The van der Waals surface area contributed by atoms with Crippen LogP contribution in [0.1, 0.15) is 27.7 Å². The number of nitrogens with one attached hydrogen (secondary N) is 1. The summed E-state index contributed by atoms with van der Waals surface area (Å²) in [5, 5.41) is 3.50. The van der Waals surface area contributed by atoms with Crippen LogP contribution in [0.4, 0.5) is 0 Å². The lowest BCUT2D eigenvalue weighted by Crippen LogP contribution is -2.53. The van der Waals surface area contributed by atoms with Gasteiger partial charge >= 0.3 is 0 Å². The van der Waals surface area contributed by atoms with E-state index in [1.807, 2.05) is 0 Å². The zero-order valence-electron chi connectivity index (χ0n) is 13.6. The van der Waals surface area contributed by atoms with E-state index in [4.69, 9.17) is 0 Å². The van der Waals surface area contributed by atoms with Crippen LogP contribution in [0.15, 0.2) is 0 Å². The Morgan fingerprint density at radius 1 is 1.00 bits per heavy atom. The molecule has 1 saturated heterocycles. The SMILES string of the molecule is CC(C)CNCC(C)C(C)N1CCN(S(C)(=O)=O)CC1. The van der Waals surface area contributed by atoms with Crippen molar-refractivity contribution in [2.45, 2.75) is 33.7 Å². The average Bonchev–Trinajstić information content (AvgIpc) is 2.36. The van der Waals surface area contributed by atoms with Gasteiger partial charge in [-0.25, -0.2) is 8.42 Å². The molecule has 1 N–H and O–H groups in total. The van der Waals surface area contributed by atoms with Crippen molar-refractivity contribution in [3.8, 4) is 0 Å². The molecule has 0 bridgehead atoms. The maximum atomic E-state index is 11.5. The summed E-state index contributed by atoms with van der Waals surface area (Å²) in [4.78, 5) is 2.41. The van der Waals surface area contributed by atoms with Gasteiger partial charge < -0.3 is 5.32 Å². The minimum Gasteiger partial charge on any atom is -0.316 e. The molecule has 1 rings (SSSR count). The molecule has 0 saturated carbocycles. The predicted octanol–water partition coefficient (Wildman–Crippen LogP) is 0.834. The number of hydrogen-bond acceptors (Lipinski definition) is 4. The molecule has 2 atom stereocenters. The van der Waals surface area contributed by atoms with Crippen LogP contribution in [0.2, 0.25) is 0 Å². The Morgan fingerprint density at radius 3 is 2.00 bits per heavy atom. The lowest BCUT2D eigenvalue weighted by molar-refractivity contribution is 0.113. The van der Waals surface area contributed by atoms with Crippen LogP contribution in [0.3, 0.4) is 0 Å². The van der Waals surface area contributed by atoms with Crippen LogP contribution in [-0.2, 0) is 10.0 Å². The molecule has 0 aliphatic carbocycles. The van der Waals surface area contributed by atoms with E-state index < -0.39 is 10.0 Å². The summed E-state index contributed by atoms with van der Waals surface area (Å²) in [5.41, 5.74) is 0. The quantitative estimate of drug-likeness (QED) is 0.757. The molecule has 0 aromatic heterocycles. The number of hydrogen-bond donors (Lipinski definition) is 1. The molecule has 0 spiro atoms. The van der Waals surface area contributed by atoms with Crippen molar-refractivity contribution < 1.29 is 8.42 Å². The summed E-state index contributed by atoms with van der Waals surface area (Å²) in [5.74, 6) is 1.24. The Kier molecular flexibility index (Phi) is 6.91. The molecule has 1 aliphatic rings. The fraction of sp³-hybridized carbons (Fsp3) is 1.00. The lowest BCUT2D eigenvalue weighted by atomic mass is 10.0. The van der Waals surface area contributed by atoms with Crippen LogP contribution < -0.4 is 5.32 Å². The summed E-state index contributed by atoms with van der Waals surface area (Å²) in [6.07, 6.45) is 1.30. The molecule has 5 nitrogen and oxygen atoms in total. The van der Waals surface area contributed by atoms with E-state index in [0.29, 0.717) is 31.0 Å². The first-order valence-electron chi connectivity index (χ1n) is 7.61. The van der Waals surface area contributed by atoms with Crippen molar-refractivity contribution in [2.75, 3.05) is 45.5 Å². The third-order valence-corrected chi connectivity index (χ3v) is 5.46. The van der Waals surface area contributed by atoms with Gasteiger partial charge in [-0.15, -0.1) is 0 Å². The van der Waals surface area contributed by atoms with Gasteiger partial charge in [0, 0.05) is 32.2 Å². The molecule has 1 aliphatic heterocycles. The summed E-state index contributed by atoms with van der Waals surface area (Å²) in [7, 11) is -3.02. The van der Waals surface area contributed by atoms with Gasteiger partial charge in [-0.3, -0.25) is 4.90 Å². The van der Waals surface area contributed by atoms with Crippen molar-refractivity contribution in [1.29, 1.82) is 0 Å². The van der Waals surface area contributed by atoms with Crippen molar-refractivity contribution >= 4 is 10.0 Å². The normalized spacial score (nSPS) is 22.1. The highest BCUT2D eigenvalue weighted by molar-refractivity contribution is 7.88. The standard InChI is InChI=1S/C14H31N3O2S/c1-12(2)10-15-11-13(3)14(4)16-6-8-17(9-7-16)20(5,18)19/h12-15H,6-11H2,1-5H3. The molecule has 0 amide bonds. The number of rotatable bonds is 7. The van der Waals surface area contributed by atoms with Crippen LogP contribution in [0.25, 0.3) is 0 Å². The minimum atomic E-state index is -3.02. The predicted molar refractivity (Wildman–Crippen MR) is 84.3 cm³/mol. The van der Waals surface area contributed by atoms with Gasteiger partial charge in [0.2, 0.25) is 10.0 Å². The van der Waals surface area contributed by atoms with Crippen molar-refractivity contribution in [3.63, 3.8) is 0 Å². The second kappa shape index (κ2) is 7.73. The van der Waals surface area contributed by atoms with Gasteiger partial charge in [-0.05, 0) is 31.8 Å². The molecule has 0 radical (unpaired) electrons. The zero-order valence-corrected chi connectivity index (χ0v) is 14.4. The van der Waals surface area contributed by atoms with E-state index in [-0.39, 0.29) is 0 Å². The van der Waals surface area contributed by atoms with Gasteiger partial charge in [0.15, 0.2) is 0 Å². The van der Waals surface area contributed by atoms with Crippen LogP contribution in [0.5, 0.6) is 0 Å². The second-order valence-corrected chi connectivity index (χ2v) is 8.45. The molecule has 120 valence electrons. The van der Waals surface area contributed by atoms with E-state index >= 15 is 0 Å². The smallest absolute Gasteiger partial charge is 0.211 e.